The number of nitro groups is 1. The van der Waals surface area contributed by atoms with E-state index < -0.39 is 6.04 Å². The van der Waals surface area contributed by atoms with Crippen LogP contribution in [0.15, 0.2) is 53.0 Å². The van der Waals surface area contributed by atoms with Crippen LogP contribution in [0.2, 0.25) is 0 Å². The number of hydrogen-bond donors (Lipinski definition) is 1. The maximum absolute atomic E-state index is 11.8. The molecule has 2 aromatic rings. The van der Waals surface area contributed by atoms with Crippen LogP contribution in [0, 0.1) is 10.1 Å². The Morgan fingerprint density at radius 3 is 2.59 bits per heavy atom. The van der Waals surface area contributed by atoms with Crippen LogP contribution >= 0.6 is 15.9 Å². The van der Waals surface area contributed by atoms with Gasteiger partial charge in [-0.05, 0) is 35.7 Å². The molecule has 0 fully saturated rings. The van der Waals surface area contributed by atoms with E-state index in [-0.39, 0.29) is 16.9 Å². The summed E-state index contributed by atoms with van der Waals surface area (Å²) in [7, 11) is 0. The zero-order valence-electron chi connectivity index (χ0n) is 12.2. The molecule has 0 saturated heterocycles. The van der Waals surface area contributed by atoms with Gasteiger partial charge in [0, 0.05) is 15.1 Å². The summed E-state index contributed by atoms with van der Waals surface area (Å²) < 4.78 is 0.951. The summed E-state index contributed by atoms with van der Waals surface area (Å²) in [5.41, 5.74) is 2.96. The van der Waals surface area contributed by atoms with Gasteiger partial charge in [-0.25, -0.2) is 0 Å². The van der Waals surface area contributed by atoms with Gasteiger partial charge < -0.3 is 5.32 Å². The first-order chi connectivity index (χ1) is 10.6. The first kappa shape index (κ1) is 15.0. The van der Waals surface area contributed by atoms with Crippen molar-refractivity contribution in [2.75, 3.05) is 5.32 Å². The molecule has 0 aliphatic carbocycles. The number of fused-ring (bicyclic) bond motifs is 1. The molecule has 5 heteroatoms. The Labute approximate surface area is 137 Å². The molecule has 1 aliphatic rings. The van der Waals surface area contributed by atoms with E-state index in [9.17, 15) is 10.1 Å². The molecule has 0 aromatic heterocycles. The molecule has 2 aromatic carbocycles. The van der Waals surface area contributed by atoms with Gasteiger partial charge in [0.25, 0.3) is 0 Å². The van der Waals surface area contributed by atoms with E-state index >= 15 is 0 Å². The van der Waals surface area contributed by atoms with E-state index in [1.54, 1.807) is 0 Å². The van der Waals surface area contributed by atoms with Gasteiger partial charge in [-0.2, -0.15) is 0 Å². The minimum atomic E-state index is -0.672. The Morgan fingerprint density at radius 2 is 1.95 bits per heavy atom. The second-order valence-electron chi connectivity index (χ2n) is 5.55. The minimum Gasteiger partial charge on any atom is -0.372 e. The highest BCUT2D eigenvalue weighted by Crippen LogP contribution is 2.44. The highest BCUT2D eigenvalue weighted by atomic mass is 79.9. The van der Waals surface area contributed by atoms with Crippen molar-refractivity contribution in [2.24, 2.45) is 0 Å². The molecule has 0 spiro atoms. The van der Waals surface area contributed by atoms with Crippen LogP contribution in [0.4, 0.5) is 5.69 Å². The Morgan fingerprint density at radius 1 is 1.23 bits per heavy atom. The van der Waals surface area contributed by atoms with Crippen LogP contribution in [-0.4, -0.2) is 11.0 Å². The van der Waals surface area contributed by atoms with Gasteiger partial charge in [0.2, 0.25) is 6.04 Å². The Balaban J connectivity index is 2.12. The summed E-state index contributed by atoms with van der Waals surface area (Å²) in [6.07, 6.45) is 0.736. The van der Waals surface area contributed by atoms with Crippen molar-refractivity contribution >= 4 is 21.6 Å². The molecule has 1 heterocycles. The second kappa shape index (κ2) is 6.08. The summed E-state index contributed by atoms with van der Waals surface area (Å²) >= 11 is 3.47. The van der Waals surface area contributed by atoms with Crippen LogP contribution in [0.1, 0.15) is 36.4 Å². The van der Waals surface area contributed by atoms with Gasteiger partial charge in [-0.15, -0.1) is 0 Å². The fourth-order valence-electron chi connectivity index (χ4n) is 3.31. The third-order valence-corrected chi connectivity index (χ3v) is 4.81. The van der Waals surface area contributed by atoms with Gasteiger partial charge >= 0.3 is 0 Å². The molecule has 1 N–H and O–H groups in total. The summed E-state index contributed by atoms with van der Waals surface area (Å²) in [5, 5.41) is 15.1. The lowest BCUT2D eigenvalue weighted by Gasteiger charge is -2.35. The van der Waals surface area contributed by atoms with Crippen LogP contribution in [0.25, 0.3) is 0 Å². The average molecular weight is 361 g/mol. The molecule has 22 heavy (non-hydrogen) atoms. The Hall–Kier alpha value is -1.88. The summed E-state index contributed by atoms with van der Waals surface area (Å²) in [5.74, 6) is -0.103. The second-order valence-corrected chi connectivity index (χ2v) is 6.47. The van der Waals surface area contributed by atoms with Crippen molar-refractivity contribution in [1.29, 1.82) is 0 Å². The van der Waals surface area contributed by atoms with E-state index in [4.69, 9.17) is 0 Å². The molecule has 0 bridgehead atoms. The third-order valence-electron chi connectivity index (χ3n) is 4.32. The van der Waals surface area contributed by atoms with Crippen LogP contribution in [0.3, 0.4) is 0 Å². The van der Waals surface area contributed by atoms with Crippen molar-refractivity contribution in [3.8, 4) is 0 Å². The smallest absolute Gasteiger partial charge is 0.243 e. The average Bonchev–Trinajstić information content (AvgIpc) is 2.53. The molecular weight excluding hydrogens is 344 g/mol. The fourth-order valence-corrected chi connectivity index (χ4v) is 3.69. The van der Waals surface area contributed by atoms with Gasteiger partial charge in [-0.1, -0.05) is 53.2 Å². The van der Waals surface area contributed by atoms with Crippen LogP contribution < -0.4 is 5.32 Å². The normalized spacial score (nSPS) is 23.5. The van der Waals surface area contributed by atoms with Gasteiger partial charge in [-0.3, -0.25) is 10.1 Å². The Kier molecular flexibility index (Phi) is 4.16. The number of nitrogens with zero attached hydrogens (tertiary/aromatic N) is 1. The van der Waals surface area contributed by atoms with Crippen LogP contribution in [0.5, 0.6) is 0 Å². The monoisotopic (exact) mass is 360 g/mol. The van der Waals surface area contributed by atoms with E-state index in [1.807, 2.05) is 55.5 Å². The predicted octanol–water partition coefficient (Wildman–Crippen LogP) is 4.75. The predicted molar refractivity (Wildman–Crippen MR) is 90.8 cm³/mol. The topological polar surface area (TPSA) is 55.2 Å². The largest absolute Gasteiger partial charge is 0.372 e. The highest BCUT2D eigenvalue weighted by Gasteiger charge is 2.44. The summed E-state index contributed by atoms with van der Waals surface area (Å²) in [6, 6.07) is 14.6. The number of benzene rings is 2. The van der Waals surface area contributed by atoms with Crippen molar-refractivity contribution in [2.45, 2.75) is 31.3 Å². The highest BCUT2D eigenvalue weighted by molar-refractivity contribution is 9.10. The maximum Gasteiger partial charge on any atom is 0.243 e. The molecule has 114 valence electrons. The number of nitrogens with one attached hydrogen (secondary N) is 1. The quantitative estimate of drug-likeness (QED) is 0.634. The minimum absolute atomic E-state index is 0.103. The van der Waals surface area contributed by atoms with E-state index in [1.165, 1.54) is 0 Å². The molecule has 3 rings (SSSR count). The number of halogens is 1. The summed E-state index contributed by atoms with van der Waals surface area (Å²) in [6.45, 7) is 2.01. The van der Waals surface area contributed by atoms with Crippen molar-refractivity contribution in [3.63, 3.8) is 0 Å². The van der Waals surface area contributed by atoms with E-state index in [0.717, 1.165) is 27.7 Å². The van der Waals surface area contributed by atoms with Crippen molar-refractivity contribution in [3.05, 3.63) is 74.2 Å². The maximum atomic E-state index is 11.8. The molecule has 0 unspecified atom stereocenters. The standard InChI is InChI=1S/C17H17BrN2O2/c1-2-13-14-10-12(18)8-9-15(14)19-16(17(13)20(21)22)11-6-4-3-5-7-11/h3-10,13,16-17,19H,2H2,1H3/t13-,16-,17-/m1/s1. The zero-order valence-corrected chi connectivity index (χ0v) is 13.8. The molecule has 3 atom stereocenters. The fraction of sp³-hybridized carbons (Fsp3) is 0.294. The molecule has 0 amide bonds. The third kappa shape index (κ3) is 2.61. The number of rotatable bonds is 3. The lowest BCUT2D eigenvalue weighted by atomic mass is 9.79. The zero-order chi connectivity index (χ0) is 15.7. The van der Waals surface area contributed by atoms with Gasteiger partial charge in [0.1, 0.15) is 6.04 Å². The summed E-state index contributed by atoms with van der Waals surface area (Å²) in [4.78, 5) is 11.6. The first-order valence-corrected chi connectivity index (χ1v) is 8.15. The first-order valence-electron chi connectivity index (χ1n) is 7.36. The van der Waals surface area contributed by atoms with Crippen molar-refractivity contribution in [1.82, 2.24) is 0 Å². The van der Waals surface area contributed by atoms with E-state index in [2.05, 4.69) is 21.2 Å². The lowest BCUT2D eigenvalue weighted by molar-refractivity contribution is -0.530. The Bertz CT molecular complexity index is 690. The number of anilines is 1. The SMILES string of the molecule is CC[C@@H]1c2cc(Br)ccc2N[C@H](c2ccccc2)[C@@H]1[N+](=O)[O-]. The molecule has 0 saturated carbocycles. The van der Waals surface area contributed by atoms with Crippen molar-refractivity contribution < 1.29 is 4.92 Å². The molecule has 1 aliphatic heterocycles. The van der Waals surface area contributed by atoms with Crippen LogP contribution in [-0.2, 0) is 0 Å². The lowest BCUT2D eigenvalue weighted by Crippen LogP contribution is -2.41. The molecular formula is C17H17BrN2O2. The van der Waals surface area contributed by atoms with Gasteiger partial charge in [0.05, 0.1) is 5.92 Å². The molecule has 0 radical (unpaired) electrons. The number of hydrogen-bond acceptors (Lipinski definition) is 3. The van der Waals surface area contributed by atoms with Gasteiger partial charge in [0.15, 0.2) is 0 Å². The van der Waals surface area contributed by atoms with E-state index in [0.29, 0.717) is 0 Å². The molecule has 4 nitrogen and oxygen atoms in total.